The lowest BCUT2D eigenvalue weighted by Gasteiger charge is -2.26. The number of hydrogen-bond acceptors (Lipinski definition) is 6. The molecule has 1 saturated heterocycles. The summed E-state index contributed by atoms with van der Waals surface area (Å²) in [5.74, 6) is -0.447. The second-order valence-electron chi connectivity index (χ2n) is 7.05. The molecule has 4 atom stereocenters. The summed E-state index contributed by atoms with van der Waals surface area (Å²) >= 11 is 0. The van der Waals surface area contributed by atoms with Gasteiger partial charge in [-0.25, -0.2) is 0 Å². The fraction of sp³-hybridized carbons (Fsp3) is 0.947. The van der Waals surface area contributed by atoms with E-state index in [0.717, 1.165) is 19.3 Å². The summed E-state index contributed by atoms with van der Waals surface area (Å²) in [6, 6.07) is 0. The van der Waals surface area contributed by atoms with Crippen LogP contribution in [-0.2, 0) is 14.3 Å². The van der Waals surface area contributed by atoms with Crippen LogP contribution >= 0.6 is 0 Å². The van der Waals surface area contributed by atoms with E-state index < -0.39 is 30.4 Å². The van der Waals surface area contributed by atoms with Gasteiger partial charge in [-0.1, -0.05) is 64.7 Å². The van der Waals surface area contributed by atoms with Crippen molar-refractivity contribution in [2.75, 3.05) is 13.2 Å². The van der Waals surface area contributed by atoms with Crippen molar-refractivity contribution in [1.82, 2.24) is 0 Å². The van der Waals surface area contributed by atoms with E-state index in [0.29, 0.717) is 0 Å². The van der Waals surface area contributed by atoms with Gasteiger partial charge in [0, 0.05) is 6.42 Å². The van der Waals surface area contributed by atoms with E-state index in [1.54, 1.807) is 0 Å². The third kappa shape index (κ3) is 9.54. The molecule has 3 N–H and O–H groups in total. The highest BCUT2D eigenvalue weighted by Gasteiger charge is 2.38. The highest BCUT2D eigenvalue weighted by atomic mass is 16.6. The molecule has 1 aliphatic rings. The second-order valence-corrected chi connectivity index (χ2v) is 7.05. The first kappa shape index (κ1) is 22.4. The van der Waals surface area contributed by atoms with E-state index in [2.05, 4.69) is 6.92 Å². The Hall–Kier alpha value is -0.690. The van der Waals surface area contributed by atoms with Crippen molar-refractivity contribution in [3.8, 4) is 0 Å². The van der Waals surface area contributed by atoms with Crippen molar-refractivity contribution < 1.29 is 29.6 Å². The molecule has 0 aromatic heterocycles. The van der Waals surface area contributed by atoms with Gasteiger partial charge in [0.05, 0.1) is 13.2 Å². The molecule has 0 amide bonds. The smallest absolute Gasteiger partial charge is 0.306 e. The first-order chi connectivity index (χ1) is 12.1. The van der Waals surface area contributed by atoms with Crippen LogP contribution in [0.15, 0.2) is 0 Å². The number of ether oxygens (including phenoxy) is 2. The predicted octanol–water partition coefficient (Wildman–Crippen LogP) is 2.32. The molecular weight excluding hydrogens is 324 g/mol. The number of carbonyl (C=O) groups excluding carboxylic acids is 1. The van der Waals surface area contributed by atoms with Crippen LogP contribution in [0.25, 0.3) is 0 Å². The van der Waals surface area contributed by atoms with Gasteiger partial charge in [-0.2, -0.15) is 0 Å². The van der Waals surface area contributed by atoms with Gasteiger partial charge in [0.1, 0.15) is 18.3 Å². The van der Waals surface area contributed by atoms with Crippen LogP contribution in [0.1, 0.15) is 77.6 Å². The second kappa shape index (κ2) is 13.5. The van der Waals surface area contributed by atoms with Crippen LogP contribution in [0, 0.1) is 0 Å². The molecule has 0 aliphatic carbocycles. The van der Waals surface area contributed by atoms with E-state index >= 15 is 0 Å². The molecule has 0 radical (unpaired) electrons. The number of rotatable bonds is 12. The highest BCUT2D eigenvalue weighted by Crippen LogP contribution is 2.17. The first-order valence-electron chi connectivity index (χ1n) is 9.87. The Bertz CT molecular complexity index is 349. The van der Waals surface area contributed by atoms with E-state index in [9.17, 15) is 20.1 Å². The zero-order chi connectivity index (χ0) is 18.5. The van der Waals surface area contributed by atoms with E-state index in [1.807, 2.05) is 0 Å². The van der Waals surface area contributed by atoms with Crippen LogP contribution in [0.5, 0.6) is 0 Å². The molecule has 6 nitrogen and oxygen atoms in total. The molecule has 0 spiro atoms. The molecular formula is C19H36O6. The van der Waals surface area contributed by atoms with Gasteiger partial charge in [-0.05, 0) is 6.42 Å². The molecule has 25 heavy (non-hydrogen) atoms. The number of hydrogen-bond donors (Lipinski definition) is 3. The van der Waals surface area contributed by atoms with Crippen LogP contribution in [0.3, 0.4) is 0 Å². The van der Waals surface area contributed by atoms with Crippen LogP contribution in [0.4, 0.5) is 0 Å². The van der Waals surface area contributed by atoms with Crippen LogP contribution in [-0.4, -0.2) is 58.9 Å². The number of carbonyl (C=O) groups is 1. The van der Waals surface area contributed by atoms with Gasteiger partial charge in [0.2, 0.25) is 0 Å². The van der Waals surface area contributed by atoms with Crippen LogP contribution < -0.4 is 0 Å². The Morgan fingerprint density at radius 3 is 2.00 bits per heavy atom. The summed E-state index contributed by atoms with van der Waals surface area (Å²) in [4.78, 5) is 11.9. The van der Waals surface area contributed by atoms with Gasteiger partial charge < -0.3 is 24.8 Å². The lowest BCUT2D eigenvalue weighted by molar-refractivity contribution is -0.169. The summed E-state index contributed by atoms with van der Waals surface area (Å²) in [5.41, 5.74) is 0. The largest absolute Gasteiger partial charge is 0.457 e. The number of aliphatic hydroxyl groups excluding tert-OH is 3. The molecule has 6 heteroatoms. The minimum atomic E-state index is -1.32. The maximum absolute atomic E-state index is 11.9. The summed E-state index contributed by atoms with van der Waals surface area (Å²) in [7, 11) is 0. The summed E-state index contributed by atoms with van der Waals surface area (Å²) in [5, 5.41) is 29.4. The topological polar surface area (TPSA) is 96.2 Å². The Morgan fingerprint density at radius 1 is 0.880 bits per heavy atom. The Labute approximate surface area is 151 Å². The molecule has 0 unspecified atom stereocenters. The maximum Gasteiger partial charge on any atom is 0.306 e. The van der Waals surface area contributed by atoms with Crippen molar-refractivity contribution in [3.05, 3.63) is 0 Å². The lowest BCUT2D eigenvalue weighted by atomic mass is 10.0. The number of aliphatic hydroxyl groups is 3. The van der Waals surface area contributed by atoms with Crippen molar-refractivity contribution in [2.24, 2.45) is 0 Å². The molecule has 1 fully saturated rings. The third-order valence-electron chi connectivity index (χ3n) is 4.69. The maximum atomic E-state index is 11.9. The lowest BCUT2D eigenvalue weighted by Crippen LogP contribution is -2.46. The van der Waals surface area contributed by atoms with Gasteiger partial charge in [0.25, 0.3) is 0 Å². The highest BCUT2D eigenvalue weighted by molar-refractivity contribution is 5.69. The molecule has 0 bridgehead atoms. The third-order valence-corrected chi connectivity index (χ3v) is 4.69. The Morgan fingerprint density at radius 2 is 1.40 bits per heavy atom. The van der Waals surface area contributed by atoms with E-state index in [-0.39, 0.29) is 19.6 Å². The predicted molar refractivity (Wildman–Crippen MR) is 95.2 cm³/mol. The minimum Gasteiger partial charge on any atom is -0.457 e. The van der Waals surface area contributed by atoms with Gasteiger partial charge in [-0.15, -0.1) is 0 Å². The first-order valence-corrected chi connectivity index (χ1v) is 9.87. The molecule has 0 aromatic rings. The number of unbranched alkanes of at least 4 members (excludes halogenated alkanes) is 9. The molecule has 148 valence electrons. The monoisotopic (exact) mass is 360 g/mol. The van der Waals surface area contributed by atoms with Crippen molar-refractivity contribution >= 4 is 5.97 Å². The standard InChI is InChI=1S/C19H36O6/c1-2-3-4-5-6-7-8-9-10-11-12-17(22)25-19-16(21)14-24-13-15(20)18(19)23/h15-16,18-21,23H,2-14H2,1H3/t15-,16-,18-,19-/m1/s1. The van der Waals surface area contributed by atoms with E-state index in [1.165, 1.54) is 44.9 Å². The molecule has 1 rings (SSSR count). The quantitative estimate of drug-likeness (QED) is 0.365. The summed E-state index contributed by atoms with van der Waals surface area (Å²) in [6.07, 6.45) is 7.37. The summed E-state index contributed by atoms with van der Waals surface area (Å²) < 4.78 is 10.2. The van der Waals surface area contributed by atoms with Crippen LogP contribution in [0.2, 0.25) is 0 Å². The van der Waals surface area contributed by atoms with Crippen molar-refractivity contribution in [3.63, 3.8) is 0 Å². The average molecular weight is 360 g/mol. The Balaban J connectivity index is 2.08. The normalized spacial score (nSPS) is 27.0. The SMILES string of the molecule is CCCCCCCCCCCCC(=O)O[C@H]1[C@H](O)[C@H](O)COC[C@H]1O. The van der Waals surface area contributed by atoms with Gasteiger partial charge >= 0.3 is 5.97 Å². The summed E-state index contributed by atoms with van der Waals surface area (Å²) in [6.45, 7) is 2.08. The fourth-order valence-corrected chi connectivity index (χ4v) is 3.07. The zero-order valence-electron chi connectivity index (χ0n) is 15.6. The Kier molecular flexibility index (Phi) is 12.1. The van der Waals surface area contributed by atoms with E-state index in [4.69, 9.17) is 9.47 Å². The zero-order valence-corrected chi connectivity index (χ0v) is 15.6. The van der Waals surface area contributed by atoms with Crippen molar-refractivity contribution in [2.45, 2.75) is 102 Å². The van der Waals surface area contributed by atoms with Gasteiger partial charge in [0.15, 0.2) is 6.10 Å². The molecule has 1 heterocycles. The molecule has 0 saturated carbocycles. The van der Waals surface area contributed by atoms with Gasteiger partial charge in [-0.3, -0.25) is 4.79 Å². The number of esters is 1. The molecule has 0 aromatic carbocycles. The molecule has 1 aliphatic heterocycles. The minimum absolute atomic E-state index is 0.0652. The fourth-order valence-electron chi connectivity index (χ4n) is 3.07. The average Bonchev–Trinajstić information content (AvgIpc) is 2.70. The van der Waals surface area contributed by atoms with Crippen molar-refractivity contribution in [1.29, 1.82) is 0 Å².